The maximum Gasteiger partial charge on any atom is 0.135 e. The Morgan fingerprint density at radius 3 is 2.96 bits per heavy atom. The summed E-state index contributed by atoms with van der Waals surface area (Å²) in [6.07, 6.45) is 5.16. The number of aryl methyl sites for hydroxylation is 2. The van der Waals surface area contributed by atoms with E-state index in [1.165, 1.54) is 11.1 Å². The van der Waals surface area contributed by atoms with Gasteiger partial charge in [0.2, 0.25) is 0 Å². The topological polar surface area (TPSA) is 54.2 Å². The van der Waals surface area contributed by atoms with Crippen LogP contribution in [0.15, 0.2) is 30.6 Å². The van der Waals surface area contributed by atoms with Gasteiger partial charge in [-0.3, -0.25) is 0 Å². The molecule has 23 heavy (non-hydrogen) atoms. The molecule has 0 aliphatic carbocycles. The first kappa shape index (κ1) is 16.1. The van der Waals surface area contributed by atoms with Gasteiger partial charge in [0.05, 0.1) is 5.60 Å². The zero-order valence-corrected chi connectivity index (χ0v) is 14.1. The van der Waals surface area contributed by atoms with Crippen molar-refractivity contribution in [2.45, 2.75) is 38.2 Å². The lowest BCUT2D eigenvalue weighted by molar-refractivity contribution is -0.0316. The molecular weight excluding hydrogens is 288 g/mol. The molecule has 1 aromatic heterocycles. The highest BCUT2D eigenvalue weighted by Crippen LogP contribution is 2.24. The molecule has 1 fully saturated rings. The third-order valence-electron chi connectivity index (χ3n) is 4.73. The quantitative estimate of drug-likeness (QED) is 0.913. The van der Waals surface area contributed by atoms with Gasteiger partial charge in [0.15, 0.2) is 0 Å². The molecule has 1 saturated heterocycles. The lowest BCUT2D eigenvalue weighted by Crippen LogP contribution is -2.50. The van der Waals surface area contributed by atoms with Gasteiger partial charge in [-0.25, -0.2) is 0 Å². The lowest BCUT2D eigenvalue weighted by Gasteiger charge is -2.39. The molecule has 0 amide bonds. The molecule has 1 atom stereocenters. The molecule has 2 aromatic rings. The van der Waals surface area contributed by atoms with Crippen LogP contribution < -0.4 is 0 Å². The maximum absolute atomic E-state index is 11.0. The number of piperidine rings is 1. The molecule has 0 spiro atoms. The van der Waals surface area contributed by atoms with Gasteiger partial charge in [-0.05, 0) is 38.3 Å². The third kappa shape index (κ3) is 4.18. The summed E-state index contributed by atoms with van der Waals surface area (Å²) < 4.78 is 1.89. The Bertz CT molecular complexity index is 654. The van der Waals surface area contributed by atoms with Crippen LogP contribution in [0.2, 0.25) is 0 Å². The van der Waals surface area contributed by atoms with E-state index in [0.717, 1.165) is 38.2 Å². The Labute approximate surface area is 138 Å². The number of aromatic nitrogens is 3. The SMILES string of the molecule is Cc1cccc(CCN2CCCC(O)(Cc3nncn3C)C2)c1. The summed E-state index contributed by atoms with van der Waals surface area (Å²) in [5.41, 5.74) is 1.98. The van der Waals surface area contributed by atoms with E-state index in [0.29, 0.717) is 13.0 Å². The zero-order chi connectivity index (χ0) is 16.3. The summed E-state index contributed by atoms with van der Waals surface area (Å²) in [6, 6.07) is 8.67. The second-order valence-electron chi connectivity index (χ2n) is 6.88. The first-order chi connectivity index (χ1) is 11.0. The van der Waals surface area contributed by atoms with Crippen molar-refractivity contribution in [3.05, 3.63) is 47.5 Å². The lowest BCUT2D eigenvalue weighted by atomic mass is 9.89. The van der Waals surface area contributed by atoms with E-state index in [-0.39, 0.29) is 0 Å². The van der Waals surface area contributed by atoms with Crippen LogP contribution in [-0.4, -0.2) is 50.0 Å². The second-order valence-corrected chi connectivity index (χ2v) is 6.88. The van der Waals surface area contributed by atoms with Crippen LogP contribution in [0.4, 0.5) is 0 Å². The van der Waals surface area contributed by atoms with Crippen molar-refractivity contribution in [3.63, 3.8) is 0 Å². The number of aliphatic hydroxyl groups is 1. The Kier molecular flexibility index (Phi) is 4.78. The van der Waals surface area contributed by atoms with Crippen LogP contribution in [0, 0.1) is 6.92 Å². The van der Waals surface area contributed by atoms with E-state index in [1.807, 2.05) is 11.6 Å². The van der Waals surface area contributed by atoms with Crippen molar-refractivity contribution < 1.29 is 5.11 Å². The van der Waals surface area contributed by atoms with Crippen molar-refractivity contribution in [2.75, 3.05) is 19.6 Å². The summed E-state index contributed by atoms with van der Waals surface area (Å²) in [5, 5.41) is 19.0. The molecule has 1 aromatic carbocycles. The van der Waals surface area contributed by atoms with Gasteiger partial charge in [-0.2, -0.15) is 0 Å². The van der Waals surface area contributed by atoms with Gasteiger partial charge in [0.25, 0.3) is 0 Å². The van der Waals surface area contributed by atoms with E-state index >= 15 is 0 Å². The fourth-order valence-electron chi connectivity index (χ4n) is 3.46. The smallest absolute Gasteiger partial charge is 0.135 e. The number of rotatable bonds is 5. The largest absolute Gasteiger partial charge is 0.388 e. The van der Waals surface area contributed by atoms with Gasteiger partial charge in [0.1, 0.15) is 12.2 Å². The van der Waals surface area contributed by atoms with E-state index in [4.69, 9.17) is 0 Å². The number of nitrogens with zero attached hydrogens (tertiary/aromatic N) is 4. The summed E-state index contributed by atoms with van der Waals surface area (Å²) in [4.78, 5) is 2.38. The molecule has 1 aliphatic rings. The van der Waals surface area contributed by atoms with Gasteiger partial charge in [0, 0.05) is 26.6 Å². The molecule has 5 nitrogen and oxygen atoms in total. The van der Waals surface area contributed by atoms with Crippen LogP contribution in [0.1, 0.15) is 29.8 Å². The van der Waals surface area contributed by atoms with Crippen molar-refractivity contribution in [1.82, 2.24) is 19.7 Å². The van der Waals surface area contributed by atoms with Crippen LogP contribution in [0.3, 0.4) is 0 Å². The molecule has 1 unspecified atom stereocenters. The second kappa shape index (κ2) is 6.81. The summed E-state index contributed by atoms with van der Waals surface area (Å²) in [7, 11) is 1.93. The van der Waals surface area contributed by atoms with Crippen molar-refractivity contribution in [2.24, 2.45) is 7.05 Å². The molecule has 0 saturated carbocycles. The average molecular weight is 314 g/mol. The standard InChI is InChI=1S/C18H26N4O/c1-15-5-3-6-16(11-15)7-10-22-9-4-8-18(23,13-22)12-17-20-19-14-21(17)2/h3,5-6,11,14,23H,4,7-10,12-13H2,1-2H3. The fraction of sp³-hybridized carbons (Fsp3) is 0.556. The predicted octanol–water partition coefficient (Wildman–Crippen LogP) is 1.74. The number of β-amino-alcohol motifs (C(OH)–C–C–N with tert-alkyl or cyclic N) is 1. The zero-order valence-electron chi connectivity index (χ0n) is 14.1. The summed E-state index contributed by atoms with van der Waals surface area (Å²) in [6.45, 7) is 4.90. The van der Waals surface area contributed by atoms with E-state index < -0.39 is 5.60 Å². The molecule has 124 valence electrons. The molecule has 2 heterocycles. The summed E-state index contributed by atoms with van der Waals surface area (Å²) >= 11 is 0. The molecule has 1 N–H and O–H groups in total. The minimum absolute atomic E-state index is 0.574. The number of benzene rings is 1. The highest BCUT2D eigenvalue weighted by Gasteiger charge is 2.34. The van der Waals surface area contributed by atoms with E-state index in [1.54, 1.807) is 6.33 Å². The Morgan fingerprint density at radius 2 is 2.22 bits per heavy atom. The van der Waals surface area contributed by atoms with Crippen LogP contribution in [0.25, 0.3) is 0 Å². The molecule has 3 rings (SSSR count). The molecule has 1 aliphatic heterocycles. The Morgan fingerprint density at radius 1 is 1.35 bits per heavy atom. The van der Waals surface area contributed by atoms with Gasteiger partial charge in [-0.1, -0.05) is 29.8 Å². The van der Waals surface area contributed by atoms with Gasteiger partial charge < -0.3 is 14.6 Å². The maximum atomic E-state index is 11.0. The van der Waals surface area contributed by atoms with Crippen LogP contribution >= 0.6 is 0 Å². The van der Waals surface area contributed by atoms with Crippen LogP contribution in [-0.2, 0) is 19.9 Å². The normalized spacial score (nSPS) is 22.4. The highest BCUT2D eigenvalue weighted by molar-refractivity contribution is 5.22. The molecule has 5 heteroatoms. The van der Waals surface area contributed by atoms with Crippen molar-refractivity contribution in [3.8, 4) is 0 Å². The molecule has 0 radical (unpaired) electrons. The van der Waals surface area contributed by atoms with Crippen molar-refractivity contribution in [1.29, 1.82) is 0 Å². The first-order valence-electron chi connectivity index (χ1n) is 8.37. The first-order valence-corrected chi connectivity index (χ1v) is 8.37. The molecule has 0 bridgehead atoms. The van der Waals surface area contributed by atoms with Crippen LogP contribution in [0.5, 0.6) is 0 Å². The third-order valence-corrected chi connectivity index (χ3v) is 4.73. The summed E-state index contributed by atoms with van der Waals surface area (Å²) in [5.74, 6) is 0.855. The minimum Gasteiger partial charge on any atom is -0.388 e. The van der Waals surface area contributed by atoms with Crippen molar-refractivity contribution >= 4 is 0 Å². The minimum atomic E-state index is -0.689. The number of hydrogen-bond donors (Lipinski definition) is 1. The average Bonchev–Trinajstić information content (AvgIpc) is 2.90. The highest BCUT2D eigenvalue weighted by atomic mass is 16.3. The molecular formula is C18H26N4O. The van der Waals surface area contributed by atoms with Gasteiger partial charge >= 0.3 is 0 Å². The van der Waals surface area contributed by atoms with E-state index in [9.17, 15) is 5.11 Å². The fourth-order valence-corrected chi connectivity index (χ4v) is 3.46. The van der Waals surface area contributed by atoms with Gasteiger partial charge in [-0.15, -0.1) is 10.2 Å². The van der Waals surface area contributed by atoms with E-state index in [2.05, 4.69) is 46.3 Å². The Balaban J connectivity index is 1.58. The monoisotopic (exact) mass is 314 g/mol. The predicted molar refractivity (Wildman–Crippen MR) is 90.2 cm³/mol. The number of likely N-dealkylation sites (tertiary alicyclic amines) is 1. The Hall–Kier alpha value is -1.72. The number of hydrogen-bond acceptors (Lipinski definition) is 4.